The molecule has 0 aromatic heterocycles. The molecule has 0 radical (unpaired) electrons. The molecule has 180 valence electrons. The summed E-state index contributed by atoms with van der Waals surface area (Å²) >= 11 is 0. The van der Waals surface area contributed by atoms with E-state index in [9.17, 15) is 13.2 Å². The Kier molecular flexibility index (Phi) is 7.73. The molecule has 1 unspecified atom stereocenters. The molecule has 2 aromatic rings. The molecule has 7 heteroatoms. The van der Waals surface area contributed by atoms with E-state index < -0.39 is 22.4 Å². The van der Waals surface area contributed by atoms with Gasteiger partial charge in [-0.05, 0) is 42.5 Å². The van der Waals surface area contributed by atoms with Gasteiger partial charge in [0.2, 0.25) is 0 Å². The van der Waals surface area contributed by atoms with Crippen LogP contribution >= 0.6 is 0 Å². The van der Waals surface area contributed by atoms with Gasteiger partial charge in [-0.2, -0.15) is 0 Å². The Morgan fingerprint density at radius 3 is 2.45 bits per heavy atom. The summed E-state index contributed by atoms with van der Waals surface area (Å²) in [4.78, 5) is 13.5. The van der Waals surface area contributed by atoms with Crippen molar-refractivity contribution in [3.8, 4) is 5.75 Å². The second-order valence-electron chi connectivity index (χ2n) is 9.33. The second kappa shape index (κ2) is 10.2. The van der Waals surface area contributed by atoms with Crippen LogP contribution in [0.1, 0.15) is 64.9 Å². The molecule has 1 atom stereocenters. The van der Waals surface area contributed by atoms with Crippen LogP contribution in [0.4, 0.5) is 11.4 Å². The maximum atomic E-state index is 13.8. The highest BCUT2D eigenvalue weighted by Gasteiger charge is 2.42. The highest BCUT2D eigenvalue weighted by Crippen LogP contribution is 2.46. The van der Waals surface area contributed by atoms with Gasteiger partial charge < -0.3 is 14.7 Å². The minimum absolute atomic E-state index is 0.0266. The number of carboxylic acid groups (broad SMARTS) is 1. The van der Waals surface area contributed by atoms with Crippen LogP contribution in [0.25, 0.3) is 0 Å². The first kappa shape index (κ1) is 25.1. The lowest BCUT2D eigenvalue weighted by Gasteiger charge is -2.36. The van der Waals surface area contributed by atoms with Crippen LogP contribution in [0.2, 0.25) is 0 Å². The highest BCUT2D eigenvalue weighted by atomic mass is 32.2. The summed E-state index contributed by atoms with van der Waals surface area (Å²) in [5.41, 5.74) is 1.99. The largest absolute Gasteiger partial charge is 0.482 e. The molecule has 3 rings (SSSR count). The van der Waals surface area contributed by atoms with Crippen molar-refractivity contribution in [1.29, 1.82) is 0 Å². The molecule has 0 saturated heterocycles. The first-order chi connectivity index (χ1) is 15.6. The van der Waals surface area contributed by atoms with Crippen molar-refractivity contribution in [2.24, 2.45) is 5.41 Å². The molecule has 1 aliphatic rings. The van der Waals surface area contributed by atoms with Crippen LogP contribution in [0.15, 0.2) is 47.4 Å². The summed E-state index contributed by atoms with van der Waals surface area (Å²) in [5.74, 6) is -0.691. The Labute approximate surface area is 197 Å². The van der Waals surface area contributed by atoms with Gasteiger partial charge in [-0.1, -0.05) is 58.7 Å². The number of fused-ring (bicyclic) bond motifs is 1. The number of para-hydroxylation sites is 1. The molecule has 1 N–H and O–H groups in total. The van der Waals surface area contributed by atoms with Crippen LogP contribution in [0.3, 0.4) is 0 Å². The molecule has 2 aromatic carbocycles. The fourth-order valence-electron chi connectivity index (χ4n) is 4.62. The van der Waals surface area contributed by atoms with E-state index in [1.165, 1.54) is 0 Å². The lowest BCUT2D eigenvalue weighted by molar-refractivity contribution is -0.139. The zero-order valence-electron chi connectivity index (χ0n) is 20.0. The molecule has 0 bridgehead atoms. The van der Waals surface area contributed by atoms with Crippen LogP contribution in [0, 0.1) is 5.41 Å². The molecule has 0 spiro atoms. The number of hydrogen-bond donors (Lipinski definition) is 1. The van der Waals surface area contributed by atoms with Crippen molar-refractivity contribution in [2.45, 2.75) is 64.2 Å². The van der Waals surface area contributed by atoms with Crippen LogP contribution < -0.4 is 9.64 Å². The van der Waals surface area contributed by atoms with E-state index in [2.05, 4.69) is 18.7 Å². The lowest BCUT2D eigenvalue weighted by Crippen LogP contribution is -2.37. The summed E-state index contributed by atoms with van der Waals surface area (Å²) in [5, 5.41) is 9.11. The summed E-state index contributed by atoms with van der Waals surface area (Å²) in [6.45, 7) is 8.27. The number of carboxylic acids is 1. The molecule has 0 amide bonds. The first-order valence-electron chi connectivity index (χ1n) is 11.7. The number of unbranched alkanes of at least 4 members (excludes halogenated alkanes) is 1. The molecule has 6 nitrogen and oxygen atoms in total. The highest BCUT2D eigenvalue weighted by molar-refractivity contribution is 7.91. The molecular formula is C26H35NO5S. The predicted molar refractivity (Wildman–Crippen MR) is 131 cm³/mol. The summed E-state index contributed by atoms with van der Waals surface area (Å²) in [6, 6.07) is 13.3. The second-order valence-corrected chi connectivity index (χ2v) is 11.3. The van der Waals surface area contributed by atoms with Crippen LogP contribution in [-0.4, -0.2) is 38.4 Å². The minimum atomic E-state index is -3.64. The Hall–Kier alpha value is -2.54. The average molecular weight is 474 g/mol. The van der Waals surface area contributed by atoms with E-state index in [4.69, 9.17) is 9.84 Å². The third-order valence-electron chi connectivity index (χ3n) is 6.56. The van der Waals surface area contributed by atoms with Crippen molar-refractivity contribution >= 4 is 27.2 Å². The number of sulfone groups is 1. The Morgan fingerprint density at radius 1 is 1.18 bits per heavy atom. The third-order valence-corrected chi connectivity index (χ3v) is 8.55. The molecule has 0 aliphatic carbocycles. The first-order valence-corrected chi connectivity index (χ1v) is 13.4. The fourth-order valence-corrected chi connectivity index (χ4v) is 6.80. The van der Waals surface area contributed by atoms with Gasteiger partial charge in [0.1, 0.15) is 5.75 Å². The molecular weight excluding hydrogens is 438 g/mol. The number of hydrogen-bond acceptors (Lipinski definition) is 5. The van der Waals surface area contributed by atoms with Crippen LogP contribution in [0.5, 0.6) is 5.75 Å². The zero-order chi connectivity index (χ0) is 24.2. The quantitative estimate of drug-likeness (QED) is 0.497. The Bertz CT molecular complexity index is 1080. The van der Waals surface area contributed by atoms with E-state index in [0.29, 0.717) is 18.0 Å². The normalized spacial score (nSPS) is 19.7. The van der Waals surface area contributed by atoms with E-state index in [0.717, 1.165) is 36.9 Å². The monoisotopic (exact) mass is 473 g/mol. The lowest BCUT2D eigenvalue weighted by atomic mass is 9.81. The number of nitrogens with zero attached hydrogens (tertiary/aromatic N) is 1. The average Bonchev–Trinajstić information content (AvgIpc) is 2.88. The predicted octanol–water partition coefficient (Wildman–Crippen LogP) is 5.79. The van der Waals surface area contributed by atoms with Crippen molar-refractivity contribution in [1.82, 2.24) is 0 Å². The fraction of sp³-hybridized carbons (Fsp3) is 0.500. The minimum Gasteiger partial charge on any atom is -0.482 e. The van der Waals surface area contributed by atoms with Crippen LogP contribution in [-0.2, 0) is 14.6 Å². The van der Waals surface area contributed by atoms with E-state index in [-0.39, 0.29) is 22.0 Å². The SMILES string of the molecule is CCCCC1(CC)CN(c2ccccc2)c2cc(C(C)C)c(OCC(=O)O)cc2S(=O)(=O)C1. The smallest absolute Gasteiger partial charge is 0.341 e. The number of carbonyl (C=O) groups is 1. The molecule has 33 heavy (non-hydrogen) atoms. The molecule has 0 fully saturated rings. The van der Waals surface area contributed by atoms with E-state index in [1.807, 2.05) is 50.2 Å². The Morgan fingerprint density at radius 2 is 1.88 bits per heavy atom. The Balaban J connectivity index is 2.27. The van der Waals surface area contributed by atoms with E-state index >= 15 is 0 Å². The number of benzene rings is 2. The topological polar surface area (TPSA) is 83.9 Å². The third kappa shape index (κ3) is 5.52. The van der Waals surface area contributed by atoms with Crippen molar-refractivity contribution in [2.75, 3.05) is 23.8 Å². The van der Waals surface area contributed by atoms with Gasteiger partial charge in [-0.3, -0.25) is 0 Å². The number of ether oxygens (including phenoxy) is 1. The van der Waals surface area contributed by atoms with E-state index in [1.54, 1.807) is 6.07 Å². The number of aliphatic carboxylic acids is 1. The molecule has 0 saturated carbocycles. The van der Waals surface area contributed by atoms with Gasteiger partial charge in [0.05, 0.1) is 16.3 Å². The van der Waals surface area contributed by atoms with Gasteiger partial charge in [0.25, 0.3) is 0 Å². The van der Waals surface area contributed by atoms with Crippen molar-refractivity contribution in [3.63, 3.8) is 0 Å². The number of anilines is 2. The van der Waals surface area contributed by atoms with Crippen molar-refractivity contribution in [3.05, 3.63) is 48.0 Å². The summed E-state index contributed by atoms with van der Waals surface area (Å²) in [6.07, 6.45) is 3.55. The molecule has 1 heterocycles. The van der Waals surface area contributed by atoms with Gasteiger partial charge in [-0.15, -0.1) is 0 Å². The van der Waals surface area contributed by atoms with Gasteiger partial charge in [-0.25, -0.2) is 13.2 Å². The standard InChI is InChI=1S/C26H35NO5S/c1-5-7-13-26(6-2)17-27(20-11-9-8-10-12-20)22-14-21(19(3)4)23(32-16-25(28)29)15-24(22)33(30,31)18-26/h8-12,14-15,19H,5-7,13,16-18H2,1-4H3,(H,28,29). The van der Waals surface area contributed by atoms with Gasteiger partial charge in [0, 0.05) is 23.7 Å². The molecule has 1 aliphatic heterocycles. The van der Waals surface area contributed by atoms with Gasteiger partial charge >= 0.3 is 5.97 Å². The van der Waals surface area contributed by atoms with Gasteiger partial charge in [0.15, 0.2) is 16.4 Å². The number of rotatable bonds is 9. The summed E-state index contributed by atoms with van der Waals surface area (Å²) in [7, 11) is -3.64. The summed E-state index contributed by atoms with van der Waals surface area (Å²) < 4.78 is 33.1. The maximum Gasteiger partial charge on any atom is 0.341 e. The maximum absolute atomic E-state index is 13.8. The van der Waals surface area contributed by atoms with Crippen molar-refractivity contribution < 1.29 is 23.1 Å². The zero-order valence-corrected chi connectivity index (χ0v) is 20.8.